The number of likely N-dealkylation sites (tertiary alicyclic amines) is 1. The van der Waals surface area contributed by atoms with Gasteiger partial charge in [0.1, 0.15) is 6.10 Å². The molecule has 10 heteroatoms. The van der Waals surface area contributed by atoms with Gasteiger partial charge in [0.2, 0.25) is 11.9 Å². The number of nitrogens with zero attached hydrogens (tertiary/aromatic N) is 4. The van der Waals surface area contributed by atoms with E-state index in [4.69, 9.17) is 16.3 Å². The first-order valence-electron chi connectivity index (χ1n) is 7.71. The van der Waals surface area contributed by atoms with Gasteiger partial charge in [-0.15, -0.1) is 0 Å². The summed E-state index contributed by atoms with van der Waals surface area (Å²) in [5.74, 6) is -0.822. The number of carbonyl (C=O) groups excluding carboxylic acids is 1. The van der Waals surface area contributed by atoms with E-state index in [1.807, 2.05) is 0 Å². The minimum atomic E-state index is -0.550. The zero-order chi connectivity index (χ0) is 18.0. The highest BCUT2D eigenvalue weighted by Gasteiger charge is 2.32. The molecule has 25 heavy (non-hydrogen) atoms. The van der Waals surface area contributed by atoms with Crippen LogP contribution in [-0.2, 0) is 11.3 Å². The largest absolute Gasteiger partial charge is 0.459 e. The van der Waals surface area contributed by atoms with Crippen molar-refractivity contribution in [2.45, 2.75) is 39.0 Å². The van der Waals surface area contributed by atoms with Crippen LogP contribution in [0.2, 0.25) is 5.02 Å². The number of hydrogen-bond donors (Lipinski definition) is 1. The van der Waals surface area contributed by atoms with Crippen molar-refractivity contribution in [1.29, 1.82) is 0 Å². The zero-order valence-corrected chi connectivity index (χ0v) is 15.3. The number of halogens is 2. The van der Waals surface area contributed by atoms with Crippen LogP contribution in [0.3, 0.4) is 0 Å². The molecule has 2 aromatic rings. The van der Waals surface area contributed by atoms with E-state index in [-0.39, 0.29) is 29.2 Å². The van der Waals surface area contributed by atoms with Gasteiger partial charge in [-0.3, -0.25) is 9.69 Å². The van der Waals surface area contributed by atoms with E-state index in [1.54, 1.807) is 0 Å². The van der Waals surface area contributed by atoms with E-state index in [0.29, 0.717) is 23.0 Å². The van der Waals surface area contributed by atoms with Crippen molar-refractivity contribution in [2.75, 3.05) is 11.9 Å². The fourth-order valence-electron chi connectivity index (χ4n) is 2.68. The van der Waals surface area contributed by atoms with Crippen LogP contribution in [0.5, 0.6) is 6.01 Å². The Kier molecular flexibility index (Phi) is 5.45. The number of carbonyl (C=O) groups is 1. The Bertz CT molecular complexity index is 757. The predicted molar refractivity (Wildman–Crippen MR) is 92.3 cm³/mol. The van der Waals surface area contributed by atoms with Gasteiger partial charge in [0.05, 0.1) is 22.3 Å². The summed E-state index contributed by atoms with van der Waals surface area (Å²) in [5, 5.41) is 3.23. The molecule has 1 aliphatic heterocycles. The molecule has 3 rings (SSSR count). The van der Waals surface area contributed by atoms with Crippen LogP contribution in [0, 0.1) is 5.95 Å². The average molecular weight is 386 g/mol. The molecule has 1 fully saturated rings. The van der Waals surface area contributed by atoms with E-state index in [1.165, 1.54) is 19.3 Å². The Morgan fingerprint density at radius 3 is 2.92 bits per heavy atom. The van der Waals surface area contributed by atoms with E-state index < -0.39 is 5.95 Å². The van der Waals surface area contributed by atoms with Crippen molar-refractivity contribution in [3.63, 3.8) is 0 Å². The van der Waals surface area contributed by atoms with Crippen LogP contribution >= 0.6 is 22.9 Å². The first-order valence-corrected chi connectivity index (χ1v) is 8.91. The van der Waals surface area contributed by atoms with Crippen molar-refractivity contribution >= 4 is 34.0 Å². The molecule has 134 valence electrons. The second kappa shape index (κ2) is 7.59. The van der Waals surface area contributed by atoms with Gasteiger partial charge in [-0.1, -0.05) is 22.9 Å². The van der Waals surface area contributed by atoms with Crippen molar-refractivity contribution in [2.24, 2.45) is 0 Å². The third-order valence-corrected chi connectivity index (χ3v) is 4.94. The zero-order valence-electron chi connectivity index (χ0n) is 13.7. The Balaban J connectivity index is 1.61. The molecule has 1 aliphatic rings. The number of thiazole rings is 1. The molecular formula is C15H17ClFN5O2S. The molecule has 7 nitrogen and oxygen atoms in total. The number of ether oxygens (including phenoxy) is 1. The highest BCUT2D eigenvalue weighted by Crippen LogP contribution is 2.28. The van der Waals surface area contributed by atoms with Gasteiger partial charge in [0, 0.05) is 32.5 Å². The van der Waals surface area contributed by atoms with Crippen LogP contribution in [0.1, 0.15) is 25.1 Å². The lowest BCUT2D eigenvalue weighted by Gasteiger charge is -2.19. The molecule has 0 unspecified atom stereocenters. The minimum absolute atomic E-state index is 0.0815. The van der Waals surface area contributed by atoms with Gasteiger partial charge in [0.25, 0.3) is 0 Å². The first kappa shape index (κ1) is 18.0. The Hall–Kier alpha value is -1.84. The summed E-state index contributed by atoms with van der Waals surface area (Å²) < 4.78 is 19.8. The highest BCUT2D eigenvalue weighted by atomic mass is 35.5. The Labute approximate surface area is 153 Å². The van der Waals surface area contributed by atoms with Crippen LogP contribution in [0.25, 0.3) is 0 Å². The Morgan fingerprint density at radius 2 is 2.24 bits per heavy atom. The SMILES string of the molecule is CC(=O)Nc1nc(F)c(CN2C[C@H](Oc3ncc(Cl)cn3)C[C@@H]2C)s1. The van der Waals surface area contributed by atoms with E-state index in [2.05, 4.69) is 32.1 Å². The van der Waals surface area contributed by atoms with Crippen LogP contribution in [-0.4, -0.2) is 44.4 Å². The Morgan fingerprint density at radius 1 is 1.52 bits per heavy atom. The van der Waals surface area contributed by atoms with Gasteiger partial charge >= 0.3 is 6.01 Å². The number of aromatic nitrogens is 3. The van der Waals surface area contributed by atoms with Crippen LogP contribution in [0.4, 0.5) is 9.52 Å². The molecule has 0 saturated carbocycles. The van der Waals surface area contributed by atoms with E-state index in [9.17, 15) is 9.18 Å². The second-order valence-electron chi connectivity index (χ2n) is 5.85. The van der Waals surface area contributed by atoms with Gasteiger partial charge < -0.3 is 10.1 Å². The number of amides is 1. The third kappa shape index (κ3) is 4.62. The van der Waals surface area contributed by atoms with Gasteiger partial charge in [0.15, 0.2) is 5.13 Å². The van der Waals surface area contributed by atoms with Crippen molar-refractivity contribution in [1.82, 2.24) is 19.9 Å². The first-order chi connectivity index (χ1) is 11.9. The lowest BCUT2D eigenvalue weighted by atomic mass is 10.2. The summed E-state index contributed by atoms with van der Waals surface area (Å²) in [5.41, 5.74) is 0. The van der Waals surface area contributed by atoms with Crippen molar-refractivity contribution in [3.8, 4) is 6.01 Å². The number of hydrogen-bond acceptors (Lipinski definition) is 7. The fourth-order valence-corrected chi connectivity index (χ4v) is 3.69. The second-order valence-corrected chi connectivity index (χ2v) is 7.37. The van der Waals surface area contributed by atoms with Gasteiger partial charge in [-0.2, -0.15) is 9.37 Å². The summed E-state index contributed by atoms with van der Waals surface area (Å²) in [4.78, 5) is 25.4. The molecule has 1 amide bonds. The molecule has 0 radical (unpaired) electrons. The van der Waals surface area contributed by atoms with Crippen LogP contribution in [0.15, 0.2) is 12.4 Å². The smallest absolute Gasteiger partial charge is 0.316 e. The monoisotopic (exact) mass is 385 g/mol. The topological polar surface area (TPSA) is 80.2 Å². The lowest BCUT2D eigenvalue weighted by Crippen LogP contribution is -2.28. The molecule has 0 aromatic carbocycles. The van der Waals surface area contributed by atoms with E-state index >= 15 is 0 Å². The lowest BCUT2D eigenvalue weighted by molar-refractivity contribution is -0.114. The maximum absolute atomic E-state index is 14.0. The van der Waals surface area contributed by atoms with Crippen molar-refractivity contribution < 1.29 is 13.9 Å². The standard InChI is InChI=1S/C15H17ClFN5O2S/c1-8-3-11(24-14-18-4-10(16)5-19-14)6-22(8)7-12-13(17)21-15(25-12)20-9(2)23/h4-5,8,11H,3,6-7H2,1-2H3,(H,20,21,23)/t8-,11+/m0/s1. The molecule has 3 heterocycles. The minimum Gasteiger partial charge on any atom is -0.459 e. The number of nitrogens with one attached hydrogen (secondary N) is 1. The molecule has 2 aromatic heterocycles. The highest BCUT2D eigenvalue weighted by molar-refractivity contribution is 7.15. The maximum atomic E-state index is 14.0. The van der Waals surface area contributed by atoms with Gasteiger partial charge in [-0.05, 0) is 6.92 Å². The van der Waals surface area contributed by atoms with Crippen LogP contribution < -0.4 is 10.1 Å². The summed E-state index contributed by atoms with van der Waals surface area (Å²) in [7, 11) is 0. The molecule has 0 bridgehead atoms. The summed E-state index contributed by atoms with van der Waals surface area (Å²) in [6.07, 6.45) is 3.67. The maximum Gasteiger partial charge on any atom is 0.316 e. The quantitative estimate of drug-likeness (QED) is 0.852. The summed E-state index contributed by atoms with van der Waals surface area (Å²) in [6.45, 7) is 4.45. The van der Waals surface area contributed by atoms with E-state index in [0.717, 1.165) is 17.8 Å². The molecule has 1 N–H and O–H groups in total. The summed E-state index contributed by atoms with van der Waals surface area (Å²) >= 11 is 6.90. The normalized spacial score (nSPS) is 20.6. The molecule has 0 aliphatic carbocycles. The molecular weight excluding hydrogens is 369 g/mol. The number of anilines is 1. The fraction of sp³-hybridized carbons (Fsp3) is 0.467. The van der Waals surface area contributed by atoms with Gasteiger partial charge in [-0.25, -0.2) is 9.97 Å². The van der Waals surface area contributed by atoms with Crippen molar-refractivity contribution in [3.05, 3.63) is 28.2 Å². The molecule has 1 saturated heterocycles. The number of rotatable bonds is 5. The summed E-state index contributed by atoms with van der Waals surface area (Å²) in [6, 6.07) is 0.489. The predicted octanol–water partition coefficient (Wildman–Crippen LogP) is 2.73. The third-order valence-electron chi connectivity index (χ3n) is 3.81. The molecule has 2 atom stereocenters. The average Bonchev–Trinajstić information content (AvgIpc) is 3.04. The molecule has 0 spiro atoms.